The van der Waals surface area contributed by atoms with Gasteiger partial charge in [0.15, 0.2) is 5.75 Å². The number of benzene rings is 4. The van der Waals surface area contributed by atoms with E-state index >= 15 is 0 Å². The maximum Gasteiger partial charge on any atom is 0.313 e. The molecule has 1 heterocycles. The second-order valence-electron chi connectivity index (χ2n) is 10.3. The molecule has 0 aliphatic rings. The molecule has 0 atom stereocenters. The first kappa shape index (κ1) is 39.8. The summed E-state index contributed by atoms with van der Waals surface area (Å²) in [5.41, 5.74) is -1.38. The summed E-state index contributed by atoms with van der Waals surface area (Å²) in [6, 6.07) is 11.7. The Labute approximate surface area is 305 Å². The molecule has 0 unspecified atom stereocenters. The number of phenols is 1. The lowest BCUT2D eigenvalue weighted by Crippen LogP contribution is -2.13. The maximum atomic E-state index is 13.6. The van der Waals surface area contributed by atoms with Crippen LogP contribution in [-0.2, 0) is 39.7 Å². The van der Waals surface area contributed by atoms with Crippen LogP contribution in [0.15, 0.2) is 102 Å². The van der Waals surface area contributed by atoms with Crippen LogP contribution in [0.5, 0.6) is 5.75 Å². The number of rotatable bonds is 14. The largest absolute Gasteiger partial charge is 0.505 e. The number of nitrogens with zero attached hydrogens (tertiary/aromatic N) is 6. The van der Waals surface area contributed by atoms with Crippen LogP contribution in [0, 0.1) is 12.0 Å². The Kier molecular flexibility index (Phi) is 11.8. The summed E-state index contributed by atoms with van der Waals surface area (Å²) in [6.07, 6.45) is -1.42. The Morgan fingerprint density at radius 2 is 1.48 bits per heavy atom. The SMILES string of the molecule is O=S(=O)(O)CNc1ccc2c(O)c(N=Nc3cc(Nc4cc(F)nc(F)n4)ccc3S(=O)(=O)O)c(SOOO)cc2c1N=Nc1ccc(S(=O)(=O)O)cc1. The molecule has 27 heteroatoms. The number of hydrogen-bond acceptors (Lipinski definition) is 19. The number of aromatic nitrogens is 2. The van der Waals surface area contributed by atoms with E-state index < -0.39 is 75.2 Å². The van der Waals surface area contributed by atoms with Crippen LogP contribution < -0.4 is 10.6 Å². The third-order valence-corrected chi connectivity index (χ3v) is 9.54. The maximum absolute atomic E-state index is 13.6. The number of fused-ring (bicyclic) bond motifs is 1. The number of phenolic OH excluding ortho intramolecular Hbond substituents is 1. The first-order valence-corrected chi connectivity index (χ1v) is 19.2. The summed E-state index contributed by atoms with van der Waals surface area (Å²) < 4.78 is 130. The van der Waals surface area contributed by atoms with Crippen LogP contribution in [0.25, 0.3) is 10.8 Å². The van der Waals surface area contributed by atoms with E-state index in [-0.39, 0.29) is 56.3 Å². The van der Waals surface area contributed by atoms with Gasteiger partial charge >= 0.3 is 6.08 Å². The number of aromatic hydroxyl groups is 1. The lowest BCUT2D eigenvalue weighted by atomic mass is 10.1. The average Bonchev–Trinajstić information content (AvgIpc) is 3.07. The highest BCUT2D eigenvalue weighted by atomic mass is 32.2. The number of nitrogens with one attached hydrogen (secondary N) is 2. The summed E-state index contributed by atoms with van der Waals surface area (Å²) in [4.78, 5) is 4.72. The summed E-state index contributed by atoms with van der Waals surface area (Å²) >= 11 is 0.219. The van der Waals surface area contributed by atoms with Crippen molar-refractivity contribution in [3.05, 3.63) is 78.8 Å². The minimum atomic E-state index is -4.98. The standard InChI is InChI=1S/C27H20F2N8O13S4/c28-22-11-23(33-27(29)32-22)31-14-3-8-21(54(46,47)48)19(9-14)35-37-25-20(51-50-49-39)10-17-16(26(25)38)6-7-18(30-12-52(40,41)42)24(17)36-34-13-1-4-15(5-2-13)53(43,44)45/h1-11,30,38-39H,12H2,(H,31,32,33)(H,40,41,42)(H,43,44,45)(H,46,47,48). The van der Waals surface area contributed by atoms with Crippen molar-refractivity contribution in [2.24, 2.45) is 20.5 Å². The molecule has 0 radical (unpaired) electrons. The second-order valence-corrected chi connectivity index (χ2v) is 15.3. The highest BCUT2D eigenvalue weighted by molar-refractivity contribution is 7.94. The van der Waals surface area contributed by atoms with E-state index in [0.29, 0.717) is 0 Å². The van der Waals surface area contributed by atoms with Gasteiger partial charge in [0.2, 0.25) is 5.95 Å². The van der Waals surface area contributed by atoms with Crippen LogP contribution in [0.2, 0.25) is 0 Å². The molecule has 7 N–H and O–H groups in total. The zero-order valence-corrected chi connectivity index (χ0v) is 29.4. The molecule has 0 spiro atoms. The van der Waals surface area contributed by atoms with Gasteiger partial charge in [-0.05, 0) is 60.7 Å². The Balaban J connectivity index is 1.65. The molecule has 1 aromatic heterocycles. The molecule has 0 fully saturated rings. The van der Waals surface area contributed by atoms with E-state index in [1.54, 1.807) is 0 Å². The number of anilines is 3. The van der Waals surface area contributed by atoms with Crippen molar-refractivity contribution in [3.8, 4) is 5.75 Å². The predicted octanol–water partition coefficient (Wildman–Crippen LogP) is 6.37. The summed E-state index contributed by atoms with van der Waals surface area (Å²) in [6.45, 7) is 0. The molecule has 0 bridgehead atoms. The Morgan fingerprint density at radius 1 is 0.778 bits per heavy atom. The van der Waals surface area contributed by atoms with Crippen molar-refractivity contribution in [2.75, 3.05) is 16.5 Å². The molecular weight excluding hydrogens is 811 g/mol. The zero-order valence-electron chi connectivity index (χ0n) is 26.1. The Hall–Kier alpha value is -5.36. The fourth-order valence-electron chi connectivity index (χ4n) is 4.43. The monoisotopic (exact) mass is 830 g/mol. The van der Waals surface area contributed by atoms with Crippen molar-refractivity contribution < 1.29 is 67.4 Å². The van der Waals surface area contributed by atoms with Gasteiger partial charge in [0.25, 0.3) is 30.4 Å². The van der Waals surface area contributed by atoms with Crippen molar-refractivity contribution in [3.63, 3.8) is 0 Å². The molecule has 4 aromatic carbocycles. The third-order valence-electron chi connectivity index (χ3n) is 6.64. The van der Waals surface area contributed by atoms with Crippen LogP contribution in [0.4, 0.5) is 48.7 Å². The quantitative estimate of drug-likeness (QED) is 0.0122. The first-order valence-electron chi connectivity index (χ1n) is 14.0. The van der Waals surface area contributed by atoms with Crippen molar-refractivity contribution >= 4 is 93.1 Å². The lowest BCUT2D eigenvalue weighted by Gasteiger charge is -2.14. The van der Waals surface area contributed by atoms with Gasteiger partial charge in [-0.2, -0.15) is 49.1 Å². The first-order chi connectivity index (χ1) is 25.3. The summed E-state index contributed by atoms with van der Waals surface area (Å²) in [5, 5.41) is 44.5. The van der Waals surface area contributed by atoms with E-state index in [2.05, 4.69) is 50.4 Å². The van der Waals surface area contributed by atoms with Crippen LogP contribution in [0.3, 0.4) is 0 Å². The molecule has 284 valence electrons. The molecule has 0 aliphatic heterocycles. The Bertz CT molecular complexity index is 2630. The van der Waals surface area contributed by atoms with Gasteiger partial charge in [0.05, 0.1) is 33.2 Å². The minimum Gasteiger partial charge on any atom is -0.505 e. The smallest absolute Gasteiger partial charge is 0.313 e. The van der Waals surface area contributed by atoms with Gasteiger partial charge in [-0.25, -0.2) is 5.26 Å². The van der Waals surface area contributed by atoms with E-state index in [4.69, 9.17) is 5.26 Å². The van der Waals surface area contributed by atoms with E-state index in [1.165, 1.54) is 30.3 Å². The summed E-state index contributed by atoms with van der Waals surface area (Å²) in [5.74, 6) is -3.35. The number of azo groups is 2. The molecule has 0 amide bonds. The molecule has 21 nitrogen and oxygen atoms in total. The molecule has 5 rings (SSSR count). The highest BCUT2D eigenvalue weighted by Crippen LogP contribution is 2.48. The van der Waals surface area contributed by atoms with Gasteiger partial charge in [-0.1, -0.05) is 5.04 Å². The molecular formula is C27H20F2N8O13S4. The predicted molar refractivity (Wildman–Crippen MR) is 182 cm³/mol. The Morgan fingerprint density at radius 3 is 2.11 bits per heavy atom. The lowest BCUT2D eigenvalue weighted by molar-refractivity contribution is -0.432. The molecule has 0 aliphatic carbocycles. The van der Waals surface area contributed by atoms with Crippen LogP contribution in [0.1, 0.15) is 0 Å². The second kappa shape index (κ2) is 15.9. The van der Waals surface area contributed by atoms with Gasteiger partial charge < -0.3 is 15.7 Å². The highest BCUT2D eigenvalue weighted by Gasteiger charge is 2.22. The third kappa shape index (κ3) is 9.98. The fraction of sp³-hybridized carbons (Fsp3) is 0.0370. The summed E-state index contributed by atoms with van der Waals surface area (Å²) in [7, 11) is -14.1. The van der Waals surface area contributed by atoms with Gasteiger partial charge in [0.1, 0.15) is 33.7 Å². The van der Waals surface area contributed by atoms with E-state index in [0.717, 1.165) is 36.4 Å². The average molecular weight is 831 g/mol. The van der Waals surface area contributed by atoms with Crippen molar-refractivity contribution in [1.82, 2.24) is 9.97 Å². The van der Waals surface area contributed by atoms with E-state index in [9.17, 15) is 52.8 Å². The van der Waals surface area contributed by atoms with Crippen molar-refractivity contribution in [2.45, 2.75) is 14.7 Å². The van der Waals surface area contributed by atoms with Gasteiger partial charge in [-0.15, -0.1) is 19.7 Å². The molecule has 0 saturated carbocycles. The molecule has 54 heavy (non-hydrogen) atoms. The van der Waals surface area contributed by atoms with Gasteiger partial charge in [-0.3, -0.25) is 13.7 Å². The number of halogens is 2. The van der Waals surface area contributed by atoms with Crippen molar-refractivity contribution in [1.29, 1.82) is 0 Å². The normalized spacial score (nSPS) is 12.6. The van der Waals surface area contributed by atoms with E-state index in [1.807, 2.05) is 0 Å². The zero-order chi connectivity index (χ0) is 39.4. The fourth-order valence-corrected chi connectivity index (χ4v) is 6.33. The topological polar surface area (TPSA) is 321 Å². The molecule has 5 aromatic rings. The molecule has 0 saturated heterocycles. The van der Waals surface area contributed by atoms with Gasteiger partial charge in [0, 0.05) is 22.5 Å². The van der Waals surface area contributed by atoms with Crippen LogP contribution >= 0.6 is 12.0 Å². The van der Waals surface area contributed by atoms with Crippen LogP contribution in [-0.4, -0.2) is 65.1 Å². The minimum absolute atomic E-state index is 0.0303. The number of hydrogen-bond donors (Lipinski definition) is 7.